The summed E-state index contributed by atoms with van der Waals surface area (Å²) < 4.78 is 10.6. The molecule has 1 aromatic carbocycles. The molecule has 0 radical (unpaired) electrons. The van der Waals surface area contributed by atoms with Crippen LogP contribution in [0.15, 0.2) is 41.0 Å². The van der Waals surface area contributed by atoms with Gasteiger partial charge in [0.15, 0.2) is 5.76 Å². The molecule has 90 valence electrons. The average Bonchev–Trinajstić information content (AvgIpc) is 2.91. The van der Waals surface area contributed by atoms with E-state index in [4.69, 9.17) is 14.9 Å². The Morgan fingerprint density at radius 2 is 2.11 bits per heavy atom. The van der Waals surface area contributed by atoms with Crippen molar-refractivity contribution >= 4 is 16.9 Å². The molecule has 3 aromatic rings. The van der Waals surface area contributed by atoms with Crippen LogP contribution in [0.3, 0.4) is 0 Å². The standard InChI is InChI=1S/C13H11N3O2/c1-17-8-4-5-10-9(7-8)12(16-13(14)15-10)11-3-2-6-18-11/h2-7H,1H3,(H2,14,15,16). The molecule has 0 saturated carbocycles. The molecular weight excluding hydrogens is 230 g/mol. The average molecular weight is 241 g/mol. The maximum absolute atomic E-state index is 5.71. The van der Waals surface area contributed by atoms with Crippen molar-refractivity contribution in [2.24, 2.45) is 0 Å². The summed E-state index contributed by atoms with van der Waals surface area (Å²) in [6.07, 6.45) is 1.60. The fraction of sp³-hybridized carbons (Fsp3) is 0.0769. The highest BCUT2D eigenvalue weighted by molar-refractivity contribution is 5.92. The number of nitrogens with zero attached hydrogens (tertiary/aromatic N) is 2. The van der Waals surface area contributed by atoms with Crippen LogP contribution in [0.1, 0.15) is 0 Å². The fourth-order valence-electron chi connectivity index (χ4n) is 1.85. The second-order valence-corrected chi connectivity index (χ2v) is 3.79. The van der Waals surface area contributed by atoms with E-state index in [1.165, 1.54) is 0 Å². The summed E-state index contributed by atoms with van der Waals surface area (Å²) in [7, 11) is 1.62. The summed E-state index contributed by atoms with van der Waals surface area (Å²) in [4.78, 5) is 8.43. The van der Waals surface area contributed by atoms with E-state index >= 15 is 0 Å². The van der Waals surface area contributed by atoms with Crippen LogP contribution in [0.4, 0.5) is 5.95 Å². The van der Waals surface area contributed by atoms with Crippen molar-refractivity contribution in [1.82, 2.24) is 9.97 Å². The maximum atomic E-state index is 5.71. The second kappa shape index (κ2) is 4.03. The Balaban J connectivity index is 2.34. The predicted octanol–water partition coefficient (Wildman–Crippen LogP) is 2.48. The molecule has 2 heterocycles. The van der Waals surface area contributed by atoms with Crippen LogP contribution in [0.5, 0.6) is 5.75 Å². The lowest BCUT2D eigenvalue weighted by Crippen LogP contribution is -1.98. The lowest BCUT2D eigenvalue weighted by atomic mass is 10.1. The van der Waals surface area contributed by atoms with Gasteiger partial charge in [0.2, 0.25) is 5.95 Å². The molecule has 0 atom stereocenters. The van der Waals surface area contributed by atoms with Crippen LogP contribution in [-0.2, 0) is 0 Å². The summed E-state index contributed by atoms with van der Waals surface area (Å²) >= 11 is 0. The van der Waals surface area contributed by atoms with Crippen molar-refractivity contribution in [3.05, 3.63) is 36.6 Å². The minimum Gasteiger partial charge on any atom is -0.497 e. The van der Waals surface area contributed by atoms with Gasteiger partial charge in [0.1, 0.15) is 11.4 Å². The molecule has 5 nitrogen and oxygen atoms in total. The number of anilines is 1. The highest BCUT2D eigenvalue weighted by Gasteiger charge is 2.11. The van der Waals surface area contributed by atoms with Crippen molar-refractivity contribution in [2.75, 3.05) is 12.8 Å². The van der Waals surface area contributed by atoms with Crippen LogP contribution >= 0.6 is 0 Å². The molecule has 0 fully saturated rings. The van der Waals surface area contributed by atoms with Crippen molar-refractivity contribution in [2.45, 2.75) is 0 Å². The van der Waals surface area contributed by atoms with Crippen LogP contribution in [0.2, 0.25) is 0 Å². The number of benzene rings is 1. The third-order valence-corrected chi connectivity index (χ3v) is 2.67. The number of furan rings is 1. The molecule has 0 aliphatic carbocycles. The molecule has 0 bridgehead atoms. The normalized spacial score (nSPS) is 10.7. The topological polar surface area (TPSA) is 74.2 Å². The largest absolute Gasteiger partial charge is 0.497 e. The number of hydrogen-bond donors (Lipinski definition) is 1. The molecule has 0 amide bonds. The first-order valence-corrected chi connectivity index (χ1v) is 5.43. The molecule has 2 aromatic heterocycles. The van der Waals surface area contributed by atoms with Gasteiger partial charge in [0, 0.05) is 5.39 Å². The zero-order valence-electron chi connectivity index (χ0n) is 9.75. The number of fused-ring (bicyclic) bond motifs is 1. The van der Waals surface area contributed by atoms with Crippen LogP contribution in [0.25, 0.3) is 22.4 Å². The Labute approximate surface area is 103 Å². The summed E-state index contributed by atoms with van der Waals surface area (Å²) in [5.74, 6) is 1.62. The van der Waals surface area contributed by atoms with Gasteiger partial charge in [-0.25, -0.2) is 9.97 Å². The Hall–Kier alpha value is -2.56. The number of rotatable bonds is 2. The van der Waals surface area contributed by atoms with E-state index < -0.39 is 0 Å². The highest BCUT2D eigenvalue weighted by atomic mass is 16.5. The molecule has 18 heavy (non-hydrogen) atoms. The predicted molar refractivity (Wildman–Crippen MR) is 68.2 cm³/mol. The van der Waals surface area contributed by atoms with Gasteiger partial charge in [-0.15, -0.1) is 0 Å². The van der Waals surface area contributed by atoms with E-state index in [0.29, 0.717) is 11.5 Å². The van der Waals surface area contributed by atoms with E-state index in [1.54, 1.807) is 19.4 Å². The SMILES string of the molecule is COc1ccc2nc(N)nc(-c3ccco3)c2c1. The Kier molecular flexibility index (Phi) is 2.37. The van der Waals surface area contributed by atoms with Crippen LogP contribution in [0, 0.1) is 0 Å². The van der Waals surface area contributed by atoms with Crippen molar-refractivity contribution < 1.29 is 9.15 Å². The first-order chi connectivity index (χ1) is 8.78. The highest BCUT2D eigenvalue weighted by Crippen LogP contribution is 2.29. The number of nitrogen functional groups attached to an aromatic ring is 1. The van der Waals surface area contributed by atoms with E-state index in [1.807, 2.05) is 24.3 Å². The molecule has 0 unspecified atom stereocenters. The molecule has 0 saturated heterocycles. The minimum atomic E-state index is 0.221. The van der Waals surface area contributed by atoms with Gasteiger partial charge in [-0.3, -0.25) is 0 Å². The lowest BCUT2D eigenvalue weighted by Gasteiger charge is -2.06. The Bertz CT molecular complexity index is 693. The van der Waals surface area contributed by atoms with Crippen molar-refractivity contribution in [1.29, 1.82) is 0 Å². The number of hydrogen-bond acceptors (Lipinski definition) is 5. The van der Waals surface area contributed by atoms with Gasteiger partial charge in [0.25, 0.3) is 0 Å². The first kappa shape index (κ1) is 10.6. The van der Waals surface area contributed by atoms with E-state index in [-0.39, 0.29) is 5.95 Å². The van der Waals surface area contributed by atoms with Crippen LogP contribution in [-0.4, -0.2) is 17.1 Å². The number of methoxy groups -OCH3 is 1. The monoisotopic (exact) mass is 241 g/mol. The third-order valence-electron chi connectivity index (χ3n) is 2.67. The molecule has 2 N–H and O–H groups in total. The quantitative estimate of drug-likeness (QED) is 0.746. The van der Waals surface area contributed by atoms with E-state index in [9.17, 15) is 0 Å². The molecule has 0 aliphatic heterocycles. The first-order valence-electron chi connectivity index (χ1n) is 5.43. The van der Waals surface area contributed by atoms with Gasteiger partial charge in [-0.2, -0.15) is 0 Å². The van der Waals surface area contributed by atoms with E-state index in [0.717, 1.165) is 16.7 Å². The third kappa shape index (κ3) is 1.66. The minimum absolute atomic E-state index is 0.221. The summed E-state index contributed by atoms with van der Waals surface area (Å²) in [6.45, 7) is 0. The molecule has 0 spiro atoms. The summed E-state index contributed by atoms with van der Waals surface area (Å²) in [5, 5.41) is 0.846. The van der Waals surface area contributed by atoms with Gasteiger partial charge in [0.05, 0.1) is 18.9 Å². The number of aromatic nitrogens is 2. The smallest absolute Gasteiger partial charge is 0.221 e. The molecule has 3 rings (SSSR count). The van der Waals surface area contributed by atoms with E-state index in [2.05, 4.69) is 9.97 Å². The zero-order chi connectivity index (χ0) is 12.5. The maximum Gasteiger partial charge on any atom is 0.221 e. The fourth-order valence-corrected chi connectivity index (χ4v) is 1.85. The lowest BCUT2D eigenvalue weighted by molar-refractivity contribution is 0.415. The summed E-state index contributed by atoms with van der Waals surface area (Å²) in [6, 6.07) is 9.19. The molecular formula is C13H11N3O2. The Morgan fingerprint density at radius 3 is 2.83 bits per heavy atom. The molecule has 0 aliphatic rings. The summed E-state index contributed by atoms with van der Waals surface area (Å²) in [5.41, 5.74) is 7.13. The van der Waals surface area contributed by atoms with Gasteiger partial charge < -0.3 is 14.9 Å². The number of nitrogens with two attached hydrogens (primary N) is 1. The number of ether oxygens (including phenoxy) is 1. The van der Waals surface area contributed by atoms with Gasteiger partial charge >= 0.3 is 0 Å². The zero-order valence-corrected chi connectivity index (χ0v) is 9.75. The van der Waals surface area contributed by atoms with Crippen LogP contribution < -0.4 is 10.5 Å². The van der Waals surface area contributed by atoms with Crippen molar-refractivity contribution in [3.8, 4) is 17.2 Å². The van der Waals surface area contributed by atoms with Gasteiger partial charge in [-0.1, -0.05) is 0 Å². The molecule has 5 heteroatoms. The Morgan fingerprint density at radius 1 is 1.22 bits per heavy atom. The second-order valence-electron chi connectivity index (χ2n) is 3.79. The van der Waals surface area contributed by atoms with Gasteiger partial charge in [-0.05, 0) is 30.3 Å². The van der Waals surface area contributed by atoms with Crippen molar-refractivity contribution in [3.63, 3.8) is 0 Å².